The molecular formula is C28H27ClF3N3O6S2. The summed E-state index contributed by atoms with van der Waals surface area (Å²) in [7, 11) is -8.19. The number of aliphatic hydroxyl groups is 1. The van der Waals surface area contributed by atoms with Crippen molar-refractivity contribution in [3.05, 3.63) is 82.8 Å². The second kappa shape index (κ2) is 11.5. The van der Waals surface area contributed by atoms with E-state index < -0.39 is 65.9 Å². The summed E-state index contributed by atoms with van der Waals surface area (Å²) in [6, 6.07) is 9.06. The van der Waals surface area contributed by atoms with Gasteiger partial charge in [0.15, 0.2) is 32.3 Å². The molecule has 3 aromatic rings. The van der Waals surface area contributed by atoms with E-state index in [0.717, 1.165) is 6.07 Å². The molecule has 43 heavy (non-hydrogen) atoms. The highest BCUT2D eigenvalue weighted by Crippen LogP contribution is 2.54. The number of rotatable bonds is 8. The van der Waals surface area contributed by atoms with Crippen LogP contribution in [0.1, 0.15) is 36.5 Å². The Labute approximate surface area is 251 Å². The molecule has 15 heteroatoms. The second-order valence-corrected chi connectivity index (χ2v) is 15.3. The average Bonchev–Trinajstić information content (AvgIpc) is 3.07. The van der Waals surface area contributed by atoms with Gasteiger partial charge >= 0.3 is 0 Å². The fourth-order valence-corrected chi connectivity index (χ4v) is 9.64. The number of nitrogens with zero attached hydrogens (tertiary/aromatic N) is 1. The molecule has 2 aliphatic rings. The third kappa shape index (κ3) is 5.90. The number of sulfonamides is 1. The Morgan fingerprint density at radius 2 is 1.74 bits per heavy atom. The van der Waals surface area contributed by atoms with Gasteiger partial charge in [-0.15, -0.1) is 0 Å². The molecule has 2 aromatic carbocycles. The van der Waals surface area contributed by atoms with Crippen LogP contribution in [0.3, 0.4) is 0 Å². The first kappa shape index (κ1) is 31.4. The number of amides is 1. The molecule has 0 saturated heterocycles. The SMILES string of the molecule is C[C@H]1CC2CC(S(=O)(=O)c3cc(C(=O)Nc4cc(F)c(F)c(F)c4)ccc3Cl)CC1[C@@]2(O)CNS(=O)(=O)c1ccccn1. The zero-order chi connectivity index (χ0) is 31.3. The molecule has 2 saturated carbocycles. The van der Waals surface area contributed by atoms with E-state index in [1.165, 1.54) is 30.5 Å². The molecule has 1 amide bonds. The highest BCUT2D eigenvalue weighted by atomic mass is 35.5. The van der Waals surface area contributed by atoms with Crippen LogP contribution in [0.25, 0.3) is 0 Å². The molecule has 3 unspecified atom stereocenters. The molecule has 1 heterocycles. The first-order valence-electron chi connectivity index (χ1n) is 13.3. The Bertz CT molecular complexity index is 1770. The van der Waals surface area contributed by atoms with Gasteiger partial charge in [-0.3, -0.25) is 4.79 Å². The highest BCUT2D eigenvalue weighted by molar-refractivity contribution is 7.92. The summed E-state index contributed by atoms with van der Waals surface area (Å²) in [4.78, 5) is 16.3. The summed E-state index contributed by atoms with van der Waals surface area (Å²) < 4.78 is 96.1. The molecule has 3 N–H and O–H groups in total. The summed E-state index contributed by atoms with van der Waals surface area (Å²) in [6.45, 7) is 1.55. The average molecular weight is 658 g/mol. The van der Waals surface area contributed by atoms with Gasteiger partial charge in [-0.25, -0.2) is 39.7 Å². The van der Waals surface area contributed by atoms with E-state index in [2.05, 4.69) is 15.0 Å². The van der Waals surface area contributed by atoms with Crippen LogP contribution < -0.4 is 10.0 Å². The summed E-state index contributed by atoms with van der Waals surface area (Å²) in [5.74, 6) is -6.87. The number of hydrogen-bond donors (Lipinski definition) is 3. The number of anilines is 1. The van der Waals surface area contributed by atoms with Crippen molar-refractivity contribution in [3.63, 3.8) is 0 Å². The standard InChI is InChI=1S/C28H27ClF3N3O6S2/c1-15-8-17-10-19(13-20(15)28(17,37)14-34-43(40,41)25-4-2-3-7-33-25)42(38,39)24-9-16(5-6-21(24)29)27(36)35-18-11-22(30)26(32)23(31)12-18/h2-7,9,11-12,15,17,19-20,34,37H,8,10,13-14H2,1H3,(H,35,36)/t15-,17?,19?,20?,28+/m0/s1. The number of aromatic nitrogens is 1. The lowest BCUT2D eigenvalue weighted by molar-refractivity contribution is -0.0577. The van der Waals surface area contributed by atoms with Gasteiger partial charge in [0.25, 0.3) is 15.9 Å². The molecular weight excluding hydrogens is 631 g/mol. The number of nitrogens with one attached hydrogen (secondary N) is 2. The lowest BCUT2D eigenvalue weighted by Gasteiger charge is -2.43. The Balaban J connectivity index is 1.36. The van der Waals surface area contributed by atoms with Crippen LogP contribution in [0.15, 0.2) is 64.6 Å². The molecule has 0 aliphatic heterocycles. The van der Waals surface area contributed by atoms with Crippen molar-refractivity contribution >= 4 is 43.1 Å². The fraction of sp³-hybridized carbons (Fsp3) is 0.357. The van der Waals surface area contributed by atoms with E-state index in [-0.39, 0.29) is 51.5 Å². The molecule has 2 aliphatic carbocycles. The van der Waals surface area contributed by atoms with Crippen LogP contribution in [0.2, 0.25) is 5.02 Å². The maximum Gasteiger partial charge on any atom is 0.258 e. The largest absolute Gasteiger partial charge is 0.388 e. The highest BCUT2D eigenvalue weighted by Gasteiger charge is 2.58. The molecule has 5 rings (SSSR count). The van der Waals surface area contributed by atoms with Crippen LogP contribution in [0.5, 0.6) is 0 Å². The summed E-state index contributed by atoms with van der Waals surface area (Å²) in [5, 5.41) is 12.5. The Hall–Kier alpha value is -3.04. The van der Waals surface area contributed by atoms with Crippen molar-refractivity contribution in [2.45, 2.75) is 47.0 Å². The van der Waals surface area contributed by atoms with Gasteiger partial charge < -0.3 is 10.4 Å². The van der Waals surface area contributed by atoms with Crippen molar-refractivity contribution in [3.8, 4) is 0 Å². The minimum atomic E-state index is -4.17. The minimum absolute atomic E-state index is 0.0166. The van der Waals surface area contributed by atoms with Crippen LogP contribution >= 0.6 is 11.6 Å². The van der Waals surface area contributed by atoms with Crippen LogP contribution in [0, 0.1) is 35.2 Å². The maximum absolute atomic E-state index is 13.8. The number of fused-ring (bicyclic) bond motifs is 2. The molecule has 1 aromatic heterocycles. The summed E-state index contributed by atoms with van der Waals surface area (Å²) in [5.41, 5.74) is -2.06. The topological polar surface area (TPSA) is 143 Å². The molecule has 5 atom stereocenters. The maximum atomic E-state index is 13.8. The number of hydrogen-bond acceptors (Lipinski definition) is 7. The van der Waals surface area contributed by atoms with Crippen LogP contribution in [-0.4, -0.2) is 50.2 Å². The zero-order valence-corrected chi connectivity index (χ0v) is 25.0. The molecule has 2 bridgehead atoms. The monoisotopic (exact) mass is 657 g/mol. The van der Waals surface area contributed by atoms with Gasteiger partial charge in [0.05, 0.1) is 20.8 Å². The first-order valence-corrected chi connectivity index (χ1v) is 16.7. The van der Waals surface area contributed by atoms with Gasteiger partial charge in [-0.05, 0) is 67.3 Å². The zero-order valence-electron chi connectivity index (χ0n) is 22.6. The smallest absolute Gasteiger partial charge is 0.258 e. The van der Waals surface area contributed by atoms with Gasteiger partial charge in [0, 0.05) is 36.1 Å². The molecule has 230 valence electrons. The van der Waals surface area contributed by atoms with Crippen LogP contribution in [-0.2, 0) is 19.9 Å². The minimum Gasteiger partial charge on any atom is -0.388 e. The Kier molecular flexibility index (Phi) is 8.37. The number of carbonyl (C=O) groups excluding carboxylic acids is 1. The number of benzene rings is 2. The van der Waals surface area contributed by atoms with E-state index in [1.54, 1.807) is 6.07 Å². The van der Waals surface area contributed by atoms with E-state index >= 15 is 0 Å². The molecule has 0 radical (unpaired) electrons. The predicted octanol–water partition coefficient (Wildman–Crippen LogP) is 4.32. The number of halogens is 4. The Morgan fingerprint density at radius 1 is 1.05 bits per heavy atom. The predicted molar refractivity (Wildman–Crippen MR) is 151 cm³/mol. The normalized spacial score (nSPS) is 25.4. The number of carbonyl (C=O) groups is 1. The van der Waals surface area contributed by atoms with Gasteiger partial charge in [-0.2, -0.15) is 0 Å². The molecule has 9 nitrogen and oxygen atoms in total. The van der Waals surface area contributed by atoms with Gasteiger partial charge in [-0.1, -0.05) is 24.6 Å². The second-order valence-electron chi connectivity index (χ2n) is 11.0. The van der Waals surface area contributed by atoms with E-state index in [9.17, 15) is 39.9 Å². The fourth-order valence-electron chi connectivity index (χ4n) is 6.24. The molecule has 2 fully saturated rings. The van der Waals surface area contributed by atoms with Gasteiger partial charge in [0.1, 0.15) is 0 Å². The summed E-state index contributed by atoms with van der Waals surface area (Å²) >= 11 is 6.27. The number of sulfone groups is 1. The van der Waals surface area contributed by atoms with Crippen LogP contribution in [0.4, 0.5) is 18.9 Å². The lowest BCUT2D eigenvalue weighted by atomic mass is 9.73. The van der Waals surface area contributed by atoms with Crippen molar-refractivity contribution < 1.29 is 39.9 Å². The van der Waals surface area contributed by atoms with Crippen molar-refractivity contribution in [1.82, 2.24) is 9.71 Å². The van der Waals surface area contributed by atoms with Gasteiger partial charge in [0.2, 0.25) is 0 Å². The van der Waals surface area contributed by atoms with Crippen molar-refractivity contribution in [2.24, 2.45) is 17.8 Å². The van der Waals surface area contributed by atoms with E-state index in [4.69, 9.17) is 11.6 Å². The quantitative estimate of drug-likeness (QED) is 0.306. The third-order valence-corrected chi connectivity index (χ3v) is 12.4. The summed E-state index contributed by atoms with van der Waals surface area (Å²) in [6.07, 6.45) is 1.84. The van der Waals surface area contributed by atoms with E-state index in [1.807, 2.05) is 6.92 Å². The third-order valence-electron chi connectivity index (χ3n) is 8.40. The lowest BCUT2D eigenvalue weighted by Crippen LogP contribution is -2.55. The van der Waals surface area contributed by atoms with E-state index in [0.29, 0.717) is 18.6 Å². The van der Waals surface area contributed by atoms with Crippen molar-refractivity contribution in [1.29, 1.82) is 0 Å². The number of pyridine rings is 1. The first-order chi connectivity index (χ1) is 20.1. The van der Waals surface area contributed by atoms with Crippen molar-refractivity contribution in [2.75, 3.05) is 11.9 Å². The Morgan fingerprint density at radius 3 is 2.37 bits per heavy atom. The molecule has 0 spiro atoms.